The summed E-state index contributed by atoms with van der Waals surface area (Å²) in [4.78, 5) is 0. The highest BCUT2D eigenvalue weighted by atomic mass is 79.9. The highest BCUT2D eigenvalue weighted by Crippen LogP contribution is 2.37. The van der Waals surface area contributed by atoms with Gasteiger partial charge >= 0.3 is 0 Å². The Morgan fingerprint density at radius 3 is 2.68 bits per heavy atom. The van der Waals surface area contributed by atoms with Gasteiger partial charge in [0.05, 0.1) is 17.8 Å². The average molecular weight is 390 g/mol. The lowest BCUT2D eigenvalue weighted by Gasteiger charge is -2.13. The summed E-state index contributed by atoms with van der Waals surface area (Å²) in [5.41, 5.74) is 2.14. The monoisotopic (exact) mass is 388 g/mol. The van der Waals surface area contributed by atoms with E-state index in [2.05, 4.69) is 37.0 Å². The Morgan fingerprint density at radius 1 is 1.32 bits per heavy atom. The highest BCUT2D eigenvalue weighted by Gasteiger charge is 2.12. The summed E-state index contributed by atoms with van der Waals surface area (Å²) in [7, 11) is 3.52. The lowest BCUT2D eigenvalue weighted by Crippen LogP contribution is -1.98. The van der Waals surface area contributed by atoms with Crippen LogP contribution in [0.2, 0.25) is 0 Å². The molecule has 0 amide bonds. The van der Waals surface area contributed by atoms with Crippen LogP contribution in [0.3, 0.4) is 0 Å². The lowest BCUT2D eigenvalue weighted by molar-refractivity contribution is 0.282. The number of aryl methyl sites for hydroxylation is 1. The van der Waals surface area contributed by atoms with E-state index in [0.29, 0.717) is 18.1 Å². The van der Waals surface area contributed by atoms with Gasteiger partial charge in [-0.05, 0) is 33.6 Å². The second-order valence-electron chi connectivity index (χ2n) is 4.05. The summed E-state index contributed by atoms with van der Waals surface area (Å²) in [6.07, 6.45) is 3.71. The fraction of sp³-hybridized carbons (Fsp3) is 0.308. The van der Waals surface area contributed by atoms with Crippen molar-refractivity contribution in [3.8, 4) is 11.5 Å². The van der Waals surface area contributed by atoms with Gasteiger partial charge in [-0.25, -0.2) is 0 Å². The number of hydrogen-bond acceptors (Lipinski definition) is 3. The Balaban J connectivity index is 2.19. The SMILES string of the molecule is COc1cc(CBr)cc(Br)c1OCc1cnn(C)c1. The number of aromatic nitrogens is 2. The Bertz CT molecular complexity index is 570. The van der Waals surface area contributed by atoms with Crippen LogP contribution >= 0.6 is 31.9 Å². The Hall–Kier alpha value is -1.01. The zero-order valence-electron chi connectivity index (χ0n) is 10.7. The molecule has 6 heteroatoms. The summed E-state index contributed by atoms with van der Waals surface area (Å²) in [6, 6.07) is 3.97. The molecule has 1 aromatic carbocycles. The van der Waals surface area contributed by atoms with Gasteiger partial charge in [0.15, 0.2) is 11.5 Å². The van der Waals surface area contributed by atoms with Crippen molar-refractivity contribution in [2.24, 2.45) is 7.05 Å². The van der Waals surface area contributed by atoms with Crippen molar-refractivity contribution < 1.29 is 9.47 Å². The lowest BCUT2D eigenvalue weighted by atomic mass is 10.2. The number of alkyl halides is 1. The third-order valence-corrected chi connectivity index (χ3v) is 3.82. The Labute approximate surface area is 129 Å². The minimum atomic E-state index is 0.455. The molecule has 1 aromatic heterocycles. The normalized spacial score (nSPS) is 10.5. The Morgan fingerprint density at radius 2 is 2.11 bits per heavy atom. The van der Waals surface area contributed by atoms with Crippen LogP contribution < -0.4 is 9.47 Å². The maximum Gasteiger partial charge on any atom is 0.175 e. The fourth-order valence-electron chi connectivity index (χ4n) is 1.69. The molecule has 0 fully saturated rings. The van der Waals surface area contributed by atoms with E-state index in [1.807, 2.05) is 25.4 Å². The van der Waals surface area contributed by atoms with Crippen LogP contribution in [0, 0.1) is 0 Å². The van der Waals surface area contributed by atoms with Gasteiger partial charge in [0, 0.05) is 24.1 Å². The molecule has 0 spiro atoms. The van der Waals surface area contributed by atoms with Crippen LogP contribution in [-0.4, -0.2) is 16.9 Å². The summed E-state index contributed by atoms with van der Waals surface area (Å²) < 4.78 is 13.8. The average Bonchev–Trinajstić information content (AvgIpc) is 2.82. The van der Waals surface area contributed by atoms with E-state index >= 15 is 0 Å². The number of ether oxygens (including phenoxy) is 2. The minimum absolute atomic E-state index is 0.455. The number of nitrogens with zero attached hydrogens (tertiary/aromatic N) is 2. The van der Waals surface area contributed by atoms with Crippen LogP contribution in [0.4, 0.5) is 0 Å². The first-order chi connectivity index (χ1) is 9.13. The van der Waals surface area contributed by atoms with Crippen LogP contribution in [0.15, 0.2) is 29.0 Å². The highest BCUT2D eigenvalue weighted by molar-refractivity contribution is 9.10. The van der Waals surface area contributed by atoms with E-state index in [-0.39, 0.29) is 0 Å². The van der Waals surface area contributed by atoms with Crippen LogP contribution in [0.5, 0.6) is 11.5 Å². The predicted molar refractivity (Wildman–Crippen MR) is 80.9 cm³/mol. The van der Waals surface area contributed by atoms with Crippen LogP contribution in [0.25, 0.3) is 0 Å². The maximum atomic E-state index is 5.82. The van der Waals surface area contributed by atoms with Crippen molar-refractivity contribution in [3.63, 3.8) is 0 Å². The van der Waals surface area contributed by atoms with Gasteiger partial charge in [0.2, 0.25) is 0 Å². The van der Waals surface area contributed by atoms with Crippen molar-refractivity contribution in [2.75, 3.05) is 7.11 Å². The molecule has 0 aliphatic heterocycles. The van der Waals surface area contributed by atoms with Crippen molar-refractivity contribution in [2.45, 2.75) is 11.9 Å². The quantitative estimate of drug-likeness (QED) is 0.732. The smallest absolute Gasteiger partial charge is 0.175 e. The number of hydrogen-bond donors (Lipinski definition) is 0. The standard InChI is InChI=1S/C13H14Br2N2O2/c1-17-7-10(6-16-17)8-19-13-11(15)3-9(5-14)4-12(13)18-2/h3-4,6-7H,5,8H2,1-2H3. The molecule has 0 unspecified atom stereocenters. The van der Waals surface area contributed by atoms with Gasteiger partial charge in [-0.15, -0.1) is 0 Å². The minimum Gasteiger partial charge on any atom is -0.493 e. The molecule has 0 aliphatic carbocycles. The molecule has 0 saturated heterocycles. The van der Waals surface area contributed by atoms with E-state index in [9.17, 15) is 0 Å². The third-order valence-electron chi connectivity index (χ3n) is 2.59. The molecule has 4 nitrogen and oxygen atoms in total. The van der Waals surface area contributed by atoms with Gasteiger partial charge < -0.3 is 9.47 Å². The van der Waals surface area contributed by atoms with Gasteiger partial charge in [-0.1, -0.05) is 15.9 Å². The van der Waals surface area contributed by atoms with E-state index in [0.717, 1.165) is 20.9 Å². The molecular weight excluding hydrogens is 376 g/mol. The largest absolute Gasteiger partial charge is 0.493 e. The maximum absolute atomic E-state index is 5.82. The second kappa shape index (κ2) is 6.43. The molecule has 0 radical (unpaired) electrons. The molecule has 0 aliphatic rings. The zero-order chi connectivity index (χ0) is 13.8. The molecule has 2 rings (SSSR count). The van der Waals surface area contributed by atoms with Crippen LogP contribution in [0.1, 0.15) is 11.1 Å². The summed E-state index contributed by atoms with van der Waals surface area (Å²) in [5.74, 6) is 1.42. The van der Waals surface area contributed by atoms with Crippen molar-refractivity contribution >= 4 is 31.9 Å². The molecule has 19 heavy (non-hydrogen) atoms. The number of rotatable bonds is 5. The van der Waals surface area contributed by atoms with E-state index in [4.69, 9.17) is 9.47 Å². The summed E-state index contributed by atoms with van der Waals surface area (Å²) in [6.45, 7) is 0.455. The fourth-order valence-corrected chi connectivity index (χ4v) is 2.62. The van der Waals surface area contributed by atoms with Crippen LogP contribution in [-0.2, 0) is 19.0 Å². The van der Waals surface area contributed by atoms with Crippen molar-refractivity contribution in [1.82, 2.24) is 9.78 Å². The first-order valence-electron chi connectivity index (χ1n) is 5.66. The number of methoxy groups -OCH3 is 1. The molecular formula is C13H14Br2N2O2. The molecule has 0 saturated carbocycles. The van der Waals surface area contributed by atoms with Gasteiger partial charge in [-0.2, -0.15) is 5.10 Å². The molecule has 102 valence electrons. The third kappa shape index (κ3) is 3.51. The molecule has 1 heterocycles. The van der Waals surface area contributed by atoms with Gasteiger partial charge in [0.25, 0.3) is 0 Å². The van der Waals surface area contributed by atoms with E-state index in [1.54, 1.807) is 18.0 Å². The second-order valence-corrected chi connectivity index (χ2v) is 5.47. The molecule has 0 atom stereocenters. The molecule has 0 bridgehead atoms. The predicted octanol–water partition coefficient (Wildman–Crippen LogP) is 3.67. The topological polar surface area (TPSA) is 36.3 Å². The van der Waals surface area contributed by atoms with Gasteiger partial charge in [0.1, 0.15) is 6.61 Å². The first kappa shape index (κ1) is 14.4. The molecule has 0 N–H and O–H groups in total. The Kier molecular flexibility index (Phi) is 4.87. The zero-order valence-corrected chi connectivity index (χ0v) is 13.9. The molecule has 2 aromatic rings. The van der Waals surface area contributed by atoms with Gasteiger partial charge in [-0.3, -0.25) is 4.68 Å². The summed E-state index contributed by atoms with van der Waals surface area (Å²) in [5, 5.41) is 4.88. The summed E-state index contributed by atoms with van der Waals surface area (Å²) >= 11 is 6.94. The van der Waals surface area contributed by atoms with Crippen molar-refractivity contribution in [1.29, 1.82) is 0 Å². The number of benzene rings is 1. The van der Waals surface area contributed by atoms with E-state index < -0.39 is 0 Å². The van der Waals surface area contributed by atoms with Crippen molar-refractivity contribution in [3.05, 3.63) is 40.1 Å². The first-order valence-corrected chi connectivity index (χ1v) is 7.58. The number of halogens is 2. The van der Waals surface area contributed by atoms with E-state index in [1.165, 1.54) is 0 Å².